The van der Waals surface area contributed by atoms with Gasteiger partial charge >= 0.3 is 0 Å². The van der Waals surface area contributed by atoms with E-state index in [9.17, 15) is 0 Å². The van der Waals surface area contributed by atoms with Crippen LogP contribution in [-0.2, 0) is 13.0 Å². The minimum atomic E-state index is 0.622. The lowest BCUT2D eigenvalue weighted by Crippen LogP contribution is -2.00. The molecule has 0 spiro atoms. The van der Waals surface area contributed by atoms with E-state index in [-0.39, 0.29) is 0 Å². The number of aromatic nitrogens is 4. The third kappa shape index (κ3) is 4.10. The molecule has 2 heterocycles. The molecular weight excluding hydrogens is 399 g/mol. The normalized spacial score (nSPS) is 11.2. The molecular formula is C20H16Cl2N4S. The Bertz CT molecular complexity index is 1080. The lowest BCUT2D eigenvalue weighted by molar-refractivity contribution is 0.812. The number of rotatable bonds is 6. The van der Waals surface area contributed by atoms with Gasteiger partial charge < -0.3 is 4.57 Å². The predicted molar refractivity (Wildman–Crippen MR) is 112 cm³/mol. The van der Waals surface area contributed by atoms with Gasteiger partial charge in [-0.05, 0) is 29.7 Å². The van der Waals surface area contributed by atoms with Crippen molar-refractivity contribution in [3.8, 4) is 0 Å². The first-order chi connectivity index (χ1) is 13.2. The number of fused-ring (bicyclic) bond motifs is 1. The first-order valence-electron chi connectivity index (χ1n) is 8.48. The molecule has 4 rings (SSSR count). The number of halogens is 2. The molecule has 27 heavy (non-hydrogen) atoms. The first-order valence-corrected chi connectivity index (χ1v) is 10.2. The number of nitrogens with zero attached hydrogens (tertiary/aromatic N) is 4. The van der Waals surface area contributed by atoms with E-state index < -0.39 is 0 Å². The van der Waals surface area contributed by atoms with Gasteiger partial charge in [-0.1, -0.05) is 59.6 Å². The molecule has 0 atom stereocenters. The van der Waals surface area contributed by atoms with Gasteiger partial charge in [0.1, 0.15) is 16.9 Å². The Labute approximate surface area is 171 Å². The average Bonchev–Trinajstić information content (AvgIpc) is 3.09. The van der Waals surface area contributed by atoms with Crippen LogP contribution >= 0.6 is 35.0 Å². The van der Waals surface area contributed by atoms with Crippen molar-refractivity contribution in [2.75, 3.05) is 5.75 Å². The highest BCUT2D eigenvalue weighted by molar-refractivity contribution is 7.99. The zero-order chi connectivity index (χ0) is 18.6. The van der Waals surface area contributed by atoms with Crippen molar-refractivity contribution >= 4 is 46.1 Å². The number of hydrogen-bond acceptors (Lipinski definition) is 4. The molecule has 7 heteroatoms. The summed E-state index contributed by atoms with van der Waals surface area (Å²) < 4.78 is 2.00. The van der Waals surface area contributed by atoms with Gasteiger partial charge in [-0.2, -0.15) is 0 Å². The molecule has 4 nitrogen and oxygen atoms in total. The summed E-state index contributed by atoms with van der Waals surface area (Å²) in [6.45, 7) is 0.622. The van der Waals surface area contributed by atoms with E-state index in [1.807, 2.05) is 47.0 Å². The summed E-state index contributed by atoms with van der Waals surface area (Å²) >= 11 is 14.2. The van der Waals surface area contributed by atoms with Gasteiger partial charge in [0.25, 0.3) is 0 Å². The Morgan fingerprint density at radius 1 is 0.852 bits per heavy atom. The van der Waals surface area contributed by atoms with Gasteiger partial charge in [-0.15, -0.1) is 11.8 Å². The van der Waals surface area contributed by atoms with Crippen LogP contribution in [0.15, 0.2) is 66.2 Å². The van der Waals surface area contributed by atoms with Crippen LogP contribution < -0.4 is 0 Å². The molecule has 0 bridgehead atoms. The molecule has 0 saturated heterocycles. The average molecular weight is 415 g/mol. The lowest BCUT2D eigenvalue weighted by Gasteiger charge is -2.07. The second-order valence-corrected chi connectivity index (χ2v) is 7.90. The largest absolute Gasteiger partial charge is 0.311 e. The van der Waals surface area contributed by atoms with Crippen LogP contribution in [0.2, 0.25) is 10.0 Å². The van der Waals surface area contributed by atoms with Crippen molar-refractivity contribution in [2.24, 2.45) is 0 Å². The Balaban J connectivity index is 1.52. The summed E-state index contributed by atoms with van der Waals surface area (Å²) in [7, 11) is 0. The van der Waals surface area contributed by atoms with Crippen LogP contribution in [0.3, 0.4) is 0 Å². The van der Waals surface area contributed by atoms with Crippen molar-refractivity contribution in [1.82, 2.24) is 19.5 Å². The van der Waals surface area contributed by atoms with Crippen molar-refractivity contribution < 1.29 is 0 Å². The zero-order valence-corrected chi connectivity index (χ0v) is 16.7. The van der Waals surface area contributed by atoms with Gasteiger partial charge in [0.05, 0.1) is 12.9 Å². The summed E-state index contributed by atoms with van der Waals surface area (Å²) in [5.41, 5.74) is 3.80. The highest BCUT2D eigenvalue weighted by atomic mass is 35.5. The van der Waals surface area contributed by atoms with Gasteiger partial charge in [0, 0.05) is 15.8 Å². The molecule has 4 aromatic rings. The second kappa shape index (κ2) is 8.30. The Hall–Kier alpha value is -2.08. The van der Waals surface area contributed by atoms with Crippen LogP contribution in [0, 0.1) is 0 Å². The number of thioether (sulfide) groups is 1. The molecule has 2 aromatic heterocycles. The van der Waals surface area contributed by atoms with E-state index in [4.69, 9.17) is 23.2 Å². The van der Waals surface area contributed by atoms with Crippen LogP contribution in [0.5, 0.6) is 0 Å². The molecule has 136 valence electrons. The maximum absolute atomic E-state index is 6.28. The summed E-state index contributed by atoms with van der Waals surface area (Å²) in [5, 5.41) is 2.42. The lowest BCUT2D eigenvalue weighted by atomic mass is 10.2. The smallest absolute Gasteiger partial charge is 0.164 e. The minimum Gasteiger partial charge on any atom is -0.311 e. The minimum absolute atomic E-state index is 0.622. The first kappa shape index (κ1) is 18.3. The monoisotopic (exact) mass is 414 g/mol. The van der Waals surface area contributed by atoms with Gasteiger partial charge in [-0.3, -0.25) is 0 Å². The molecule has 0 saturated carbocycles. The Morgan fingerprint density at radius 2 is 1.56 bits per heavy atom. The fraction of sp³-hybridized carbons (Fsp3) is 0.150. The summed E-state index contributed by atoms with van der Waals surface area (Å²) in [6, 6.07) is 15.7. The molecule has 0 aliphatic rings. The van der Waals surface area contributed by atoms with Crippen molar-refractivity contribution in [3.05, 3.63) is 82.4 Å². The van der Waals surface area contributed by atoms with Gasteiger partial charge in [0.15, 0.2) is 5.65 Å². The van der Waals surface area contributed by atoms with E-state index in [1.54, 1.807) is 24.4 Å². The fourth-order valence-corrected chi connectivity index (χ4v) is 4.19. The summed E-state index contributed by atoms with van der Waals surface area (Å²) in [6.07, 6.45) is 4.25. The SMILES string of the molecule is Clc1ccccc1CCSc1ncnc2c1ncn2Cc1ccccc1Cl. The van der Waals surface area contributed by atoms with Crippen molar-refractivity contribution in [3.63, 3.8) is 0 Å². The van der Waals surface area contributed by atoms with Crippen molar-refractivity contribution in [1.29, 1.82) is 0 Å². The number of aryl methyl sites for hydroxylation is 1. The molecule has 0 amide bonds. The third-order valence-corrected chi connectivity index (χ3v) is 5.95. The number of imidazole rings is 1. The van der Waals surface area contributed by atoms with E-state index in [0.29, 0.717) is 6.54 Å². The molecule has 0 radical (unpaired) electrons. The van der Waals surface area contributed by atoms with Crippen molar-refractivity contribution in [2.45, 2.75) is 18.0 Å². The van der Waals surface area contributed by atoms with E-state index in [0.717, 1.165) is 49.5 Å². The highest BCUT2D eigenvalue weighted by Gasteiger charge is 2.12. The fourth-order valence-electron chi connectivity index (χ4n) is 2.85. The van der Waals surface area contributed by atoms with Crippen LogP contribution in [0.25, 0.3) is 11.2 Å². The quantitative estimate of drug-likeness (QED) is 0.307. The predicted octanol–water partition coefficient (Wildman–Crippen LogP) is 5.52. The van der Waals surface area contributed by atoms with E-state index >= 15 is 0 Å². The molecule has 0 aliphatic heterocycles. The highest BCUT2D eigenvalue weighted by Crippen LogP contribution is 2.26. The summed E-state index contributed by atoms with van der Waals surface area (Å²) in [5.74, 6) is 0.868. The standard InChI is InChI=1S/C20H16Cl2N4S/c21-16-7-3-1-5-14(16)9-10-27-20-18-19(23-12-24-20)26(13-25-18)11-15-6-2-4-8-17(15)22/h1-8,12-13H,9-11H2. The third-order valence-electron chi connectivity index (χ3n) is 4.23. The maximum atomic E-state index is 6.28. The van der Waals surface area contributed by atoms with Gasteiger partial charge in [-0.25, -0.2) is 15.0 Å². The van der Waals surface area contributed by atoms with E-state index in [2.05, 4.69) is 21.0 Å². The Kier molecular flexibility index (Phi) is 5.62. The number of benzene rings is 2. The van der Waals surface area contributed by atoms with Crippen LogP contribution in [-0.4, -0.2) is 25.3 Å². The molecule has 2 aromatic carbocycles. The van der Waals surface area contributed by atoms with Gasteiger partial charge in [0.2, 0.25) is 0 Å². The number of hydrogen-bond donors (Lipinski definition) is 0. The maximum Gasteiger partial charge on any atom is 0.164 e. The Morgan fingerprint density at radius 3 is 2.30 bits per heavy atom. The summed E-state index contributed by atoms with van der Waals surface area (Å²) in [4.78, 5) is 13.4. The van der Waals surface area contributed by atoms with Crippen LogP contribution in [0.1, 0.15) is 11.1 Å². The molecule has 0 N–H and O–H groups in total. The second-order valence-electron chi connectivity index (χ2n) is 6.00. The molecule has 0 unspecified atom stereocenters. The molecule has 0 fully saturated rings. The molecule has 0 aliphatic carbocycles. The van der Waals surface area contributed by atoms with E-state index in [1.165, 1.54) is 0 Å². The van der Waals surface area contributed by atoms with Crippen LogP contribution in [0.4, 0.5) is 0 Å². The zero-order valence-electron chi connectivity index (χ0n) is 14.3. The topological polar surface area (TPSA) is 43.6 Å².